The largest absolute Gasteiger partial charge is 0.480 e. The van der Waals surface area contributed by atoms with Crippen molar-refractivity contribution in [3.63, 3.8) is 0 Å². The Morgan fingerprint density at radius 2 is 2.25 bits per heavy atom. The molecule has 0 bridgehead atoms. The lowest BCUT2D eigenvalue weighted by molar-refractivity contribution is -0.122. The van der Waals surface area contributed by atoms with Crippen molar-refractivity contribution in [1.82, 2.24) is 14.8 Å². The van der Waals surface area contributed by atoms with Gasteiger partial charge in [-0.2, -0.15) is 5.10 Å². The molecule has 6 nitrogen and oxygen atoms in total. The Bertz CT molecular complexity index is 967. The van der Waals surface area contributed by atoms with E-state index < -0.39 is 6.10 Å². The molecule has 2 aromatic heterocycles. The van der Waals surface area contributed by atoms with Crippen LogP contribution in [0.5, 0.6) is 5.75 Å². The first kappa shape index (κ1) is 15.0. The first-order valence-corrected chi connectivity index (χ1v) is 7.94. The van der Waals surface area contributed by atoms with Crippen molar-refractivity contribution in [2.24, 2.45) is 7.05 Å². The number of hydrogen-bond acceptors (Lipinski definition) is 4. The monoisotopic (exact) mass is 342 g/mol. The molecule has 3 aromatic rings. The average molecular weight is 343 g/mol. The molecule has 0 radical (unpaired) electrons. The zero-order chi connectivity index (χ0) is 16.8. The molecule has 4 rings (SSSR count). The summed E-state index contributed by atoms with van der Waals surface area (Å²) in [6.45, 7) is 1.91. The van der Waals surface area contributed by atoms with Gasteiger partial charge in [0.1, 0.15) is 5.75 Å². The maximum Gasteiger partial charge on any atom is 0.265 e. The number of carbonyl (C=O) groups excluding carboxylic acids is 1. The van der Waals surface area contributed by atoms with Crippen LogP contribution in [0.3, 0.4) is 0 Å². The van der Waals surface area contributed by atoms with Gasteiger partial charge in [0.05, 0.1) is 17.6 Å². The maximum absolute atomic E-state index is 12.5. The van der Waals surface area contributed by atoms with E-state index in [2.05, 4.69) is 15.4 Å². The Balaban J connectivity index is 1.54. The Hall–Kier alpha value is -2.60. The summed E-state index contributed by atoms with van der Waals surface area (Å²) in [5, 5.41) is 8.75. The smallest absolute Gasteiger partial charge is 0.265 e. The van der Waals surface area contributed by atoms with Gasteiger partial charge in [0, 0.05) is 23.9 Å². The van der Waals surface area contributed by atoms with Gasteiger partial charge >= 0.3 is 0 Å². The fourth-order valence-corrected chi connectivity index (χ4v) is 3.16. The summed E-state index contributed by atoms with van der Waals surface area (Å²) < 4.78 is 7.42. The molecular formula is C17H15ClN4O2. The minimum Gasteiger partial charge on any atom is -0.480 e. The van der Waals surface area contributed by atoms with Gasteiger partial charge < -0.3 is 10.1 Å². The highest BCUT2D eigenvalue weighted by Crippen LogP contribution is 2.31. The van der Waals surface area contributed by atoms with Gasteiger partial charge in [-0.25, -0.2) is 4.98 Å². The predicted molar refractivity (Wildman–Crippen MR) is 91.4 cm³/mol. The second-order valence-corrected chi connectivity index (χ2v) is 6.29. The van der Waals surface area contributed by atoms with Crippen LogP contribution >= 0.6 is 11.6 Å². The van der Waals surface area contributed by atoms with E-state index in [1.807, 2.05) is 26.1 Å². The molecule has 0 spiro atoms. The molecular weight excluding hydrogens is 328 g/mol. The van der Waals surface area contributed by atoms with E-state index in [0.717, 1.165) is 22.3 Å². The fraction of sp³-hybridized carbons (Fsp3) is 0.235. The number of aryl methyl sites for hydroxylation is 2. The average Bonchev–Trinajstić information content (AvgIpc) is 3.08. The van der Waals surface area contributed by atoms with Crippen LogP contribution in [-0.2, 0) is 18.3 Å². The van der Waals surface area contributed by atoms with Gasteiger partial charge in [0.15, 0.2) is 11.8 Å². The minimum absolute atomic E-state index is 0.204. The van der Waals surface area contributed by atoms with Gasteiger partial charge in [0.2, 0.25) is 0 Å². The van der Waals surface area contributed by atoms with Crippen molar-refractivity contribution < 1.29 is 9.53 Å². The molecule has 1 aliphatic heterocycles. The molecule has 122 valence electrons. The van der Waals surface area contributed by atoms with Crippen LogP contribution in [0.4, 0.5) is 5.69 Å². The number of fused-ring (bicyclic) bond motifs is 2. The molecule has 1 amide bonds. The normalized spacial score (nSPS) is 16.0. The number of pyridine rings is 1. The van der Waals surface area contributed by atoms with Crippen LogP contribution in [0.2, 0.25) is 5.02 Å². The third kappa shape index (κ3) is 2.49. The molecule has 0 unspecified atom stereocenters. The minimum atomic E-state index is -0.566. The van der Waals surface area contributed by atoms with Crippen molar-refractivity contribution in [2.75, 3.05) is 5.32 Å². The highest BCUT2D eigenvalue weighted by molar-refractivity contribution is 6.30. The van der Waals surface area contributed by atoms with E-state index >= 15 is 0 Å². The Morgan fingerprint density at radius 1 is 1.42 bits per heavy atom. The fourth-order valence-electron chi connectivity index (χ4n) is 2.96. The van der Waals surface area contributed by atoms with Crippen molar-refractivity contribution >= 4 is 34.2 Å². The van der Waals surface area contributed by atoms with Gasteiger partial charge in [-0.1, -0.05) is 11.6 Å². The first-order chi connectivity index (χ1) is 11.5. The SMILES string of the molecule is Cc1nn(C)c2ncc(NC(=O)[C@@H]3Cc4cc(Cl)ccc4O3)cc12. The molecule has 0 aliphatic carbocycles. The quantitative estimate of drug-likeness (QED) is 0.777. The molecule has 0 saturated carbocycles. The van der Waals surface area contributed by atoms with Crippen molar-refractivity contribution in [2.45, 2.75) is 19.4 Å². The van der Waals surface area contributed by atoms with Gasteiger partial charge in [0.25, 0.3) is 5.91 Å². The van der Waals surface area contributed by atoms with Gasteiger partial charge in [-0.15, -0.1) is 0 Å². The predicted octanol–water partition coefficient (Wildman–Crippen LogP) is 2.87. The maximum atomic E-state index is 12.5. The molecule has 1 atom stereocenters. The highest BCUT2D eigenvalue weighted by atomic mass is 35.5. The first-order valence-electron chi connectivity index (χ1n) is 7.56. The summed E-state index contributed by atoms with van der Waals surface area (Å²) in [7, 11) is 1.84. The van der Waals surface area contributed by atoms with Crippen molar-refractivity contribution in [3.8, 4) is 5.75 Å². The highest BCUT2D eigenvalue weighted by Gasteiger charge is 2.29. The summed E-state index contributed by atoms with van der Waals surface area (Å²) in [5.41, 5.74) is 3.22. The van der Waals surface area contributed by atoms with Crippen LogP contribution in [0.25, 0.3) is 11.0 Å². The van der Waals surface area contributed by atoms with E-state index in [4.69, 9.17) is 16.3 Å². The number of halogens is 1. The summed E-state index contributed by atoms with van der Waals surface area (Å²) in [5.74, 6) is 0.501. The number of hydrogen-bond donors (Lipinski definition) is 1. The Morgan fingerprint density at radius 3 is 3.08 bits per heavy atom. The lowest BCUT2D eigenvalue weighted by atomic mass is 10.1. The van der Waals surface area contributed by atoms with Gasteiger partial charge in [-0.3, -0.25) is 9.48 Å². The van der Waals surface area contributed by atoms with E-state index in [1.54, 1.807) is 23.0 Å². The number of amides is 1. The van der Waals surface area contributed by atoms with Crippen LogP contribution in [0.1, 0.15) is 11.3 Å². The third-order valence-corrected chi connectivity index (χ3v) is 4.36. The number of nitrogens with one attached hydrogen (secondary N) is 1. The number of anilines is 1. The number of rotatable bonds is 2. The van der Waals surface area contributed by atoms with Crippen molar-refractivity contribution in [1.29, 1.82) is 0 Å². The Labute approximate surface area is 143 Å². The molecule has 1 aliphatic rings. The summed E-state index contributed by atoms with van der Waals surface area (Å²) in [6, 6.07) is 7.25. The molecule has 1 aromatic carbocycles. The third-order valence-electron chi connectivity index (χ3n) is 4.12. The number of aromatic nitrogens is 3. The van der Waals surface area contributed by atoms with E-state index in [0.29, 0.717) is 22.9 Å². The zero-order valence-corrected chi connectivity index (χ0v) is 14.0. The molecule has 1 N–H and O–H groups in total. The molecule has 24 heavy (non-hydrogen) atoms. The zero-order valence-electron chi connectivity index (χ0n) is 13.2. The molecule has 3 heterocycles. The van der Waals surface area contributed by atoms with Crippen LogP contribution in [0, 0.1) is 6.92 Å². The number of nitrogens with zero attached hydrogens (tertiary/aromatic N) is 3. The number of carbonyl (C=O) groups is 1. The summed E-state index contributed by atoms with van der Waals surface area (Å²) in [4.78, 5) is 16.8. The van der Waals surface area contributed by atoms with Crippen LogP contribution in [0.15, 0.2) is 30.5 Å². The molecule has 0 fully saturated rings. The standard InChI is InChI=1S/C17H15ClN4O2/c1-9-13-7-12(8-19-16(13)22(2)21-9)20-17(23)15-6-10-5-11(18)3-4-14(10)24-15/h3-5,7-8,15H,6H2,1-2H3,(H,20,23)/t15-/m0/s1. The summed E-state index contributed by atoms with van der Waals surface area (Å²) in [6.07, 6.45) is 1.56. The van der Waals surface area contributed by atoms with E-state index in [9.17, 15) is 4.79 Å². The second-order valence-electron chi connectivity index (χ2n) is 5.86. The topological polar surface area (TPSA) is 69.0 Å². The Kier molecular flexibility index (Phi) is 3.42. The van der Waals surface area contributed by atoms with Gasteiger partial charge in [-0.05, 0) is 36.8 Å². The van der Waals surface area contributed by atoms with E-state index in [-0.39, 0.29) is 5.91 Å². The summed E-state index contributed by atoms with van der Waals surface area (Å²) >= 11 is 5.98. The van der Waals surface area contributed by atoms with Crippen LogP contribution < -0.4 is 10.1 Å². The van der Waals surface area contributed by atoms with Crippen LogP contribution in [-0.4, -0.2) is 26.8 Å². The molecule has 0 saturated heterocycles. The lowest BCUT2D eigenvalue weighted by Crippen LogP contribution is -2.31. The van der Waals surface area contributed by atoms with E-state index in [1.165, 1.54) is 0 Å². The number of ether oxygens (including phenoxy) is 1. The number of benzene rings is 1. The second kappa shape index (κ2) is 5.49. The lowest BCUT2D eigenvalue weighted by Gasteiger charge is -2.11. The van der Waals surface area contributed by atoms with Crippen molar-refractivity contribution in [3.05, 3.63) is 46.7 Å². The molecule has 7 heteroatoms.